The first-order chi connectivity index (χ1) is 10.8. The second-order valence-electron chi connectivity index (χ2n) is 4.89. The number of amides is 2. The largest absolute Gasteiger partial charge is 0.418 e. The van der Waals surface area contributed by atoms with E-state index in [0.717, 1.165) is 6.07 Å². The van der Waals surface area contributed by atoms with Crippen LogP contribution in [0.15, 0.2) is 24.3 Å². The number of likely N-dealkylation sites (N-methyl/N-ethyl adjacent to an activating group) is 1. The summed E-state index contributed by atoms with van der Waals surface area (Å²) in [6.45, 7) is 2.04. The highest BCUT2D eigenvalue weighted by Gasteiger charge is 2.33. The molecule has 0 aliphatic carbocycles. The van der Waals surface area contributed by atoms with Crippen LogP contribution in [0, 0.1) is 0 Å². The summed E-state index contributed by atoms with van der Waals surface area (Å²) in [5, 5.41) is 2.22. The minimum Gasteiger partial charge on any atom is -0.334 e. The maximum atomic E-state index is 12.9. The van der Waals surface area contributed by atoms with Crippen LogP contribution in [0.4, 0.5) is 18.9 Å². The number of benzene rings is 1. The van der Waals surface area contributed by atoms with Crippen molar-refractivity contribution in [3.63, 3.8) is 0 Å². The molecule has 0 atom stereocenters. The smallest absolute Gasteiger partial charge is 0.334 e. The highest BCUT2D eigenvalue weighted by molar-refractivity contribution is 5.95. The van der Waals surface area contributed by atoms with E-state index in [0.29, 0.717) is 13.0 Å². The van der Waals surface area contributed by atoms with E-state index in [-0.39, 0.29) is 31.1 Å². The summed E-state index contributed by atoms with van der Waals surface area (Å²) >= 11 is 0. The number of hydrogen-bond donors (Lipinski definition) is 2. The van der Waals surface area contributed by atoms with Crippen LogP contribution in [0.25, 0.3) is 0 Å². The number of carbonyl (C=O) groups is 2. The maximum Gasteiger partial charge on any atom is 0.418 e. The number of alkyl halides is 3. The topological polar surface area (TPSA) is 75.4 Å². The molecule has 0 aliphatic rings. The Hall–Kier alpha value is -2.09. The van der Waals surface area contributed by atoms with Crippen LogP contribution in [0.3, 0.4) is 0 Å². The Morgan fingerprint density at radius 3 is 2.48 bits per heavy atom. The Morgan fingerprint density at radius 1 is 1.26 bits per heavy atom. The molecule has 1 rings (SSSR count). The Bertz CT molecular complexity index is 547. The average Bonchev–Trinajstić information content (AvgIpc) is 2.49. The minimum atomic E-state index is -4.56. The van der Waals surface area contributed by atoms with Crippen molar-refractivity contribution in [1.29, 1.82) is 0 Å². The van der Waals surface area contributed by atoms with Crippen molar-refractivity contribution in [1.82, 2.24) is 4.90 Å². The van der Waals surface area contributed by atoms with Gasteiger partial charge in [-0.15, -0.1) is 0 Å². The van der Waals surface area contributed by atoms with Gasteiger partial charge in [-0.25, -0.2) is 0 Å². The minimum absolute atomic E-state index is 0.205. The molecule has 0 saturated heterocycles. The molecule has 128 valence electrons. The van der Waals surface area contributed by atoms with Crippen LogP contribution in [0.2, 0.25) is 0 Å². The zero-order valence-corrected chi connectivity index (χ0v) is 12.8. The van der Waals surface area contributed by atoms with E-state index >= 15 is 0 Å². The predicted molar refractivity (Wildman–Crippen MR) is 80.6 cm³/mol. The van der Waals surface area contributed by atoms with Crippen LogP contribution in [-0.4, -0.2) is 36.3 Å². The van der Waals surface area contributed by atoms with Gasteiger partial charge in [0, 0.05) is 13.0 Å². The zero-order chi connectivity index (χ0) is 17.5. The van der Waals surface area contributed by atoms with Gasteiger partial charge in [0.1, 0.15) is 0 Å². The molecule has 0 bridgehead atoms. The molecule has 3 N–H and O–H groups in total. The molecule has 0 aromatic heterocycles. The third kappa shape index (κ3) is 5.90. The first kappa shape index (κ1) is 19.0. The van der Waals surface area contributed by atoms with Gasteiger partial charge in [0.15, 0.2) is 0 Å². The fourth-order valence-corrected chi connectivity index (χ4v) is 1.99. The molecule has 0 aliphatic heterocycles. The number of nitrogens with one attached hydrogen (secondary N) is 1. The lowest BCUT2D eigenvalue weighted by molar-refractivity contribution is -0.137. The molecule has 0 unspecified atom stereocenters. The van der Waals surface area contributed by atoms with Gasteiger partial charge in [-0.1, -0.05) is 12.1 Å². The summed E-state index contributed by atoms with van der Waals surface area (Å²) < 4.78 is 38.6. The van der Waals surface area contributed by atoms with E-state index in [2.05, 4.69) is 5.32 Å². The van der Waals surface area contributed by atoms with Crippen molar-refractivity contribution < 1.29 is 22.8 Å². The molecule has 1 aromatic carbocycles. The van der Waals surface area contributed by atoms with Crippen LogP contribution in [0.1, 0.15) is 25.3 Å². The molecule has 23 heavy (non-hydrogen) atoms. The van der Waals surface area contributed by atoms with Crippen LogP contribution in [-0.2, 0) is 15.8 Å². The lowest BCUT2D eigenvalue weighted by Crippen LogP contribution is -2.38. The number of para-hydroxylation sites is 1. The normalized spacial score (nSPS) is 11.2. The first-order valence-corrected chi connectivity index (χ1v) is 7.23. The Morgan fingerprint density at radius 2 is 1.91 bits per heavy atom. The van der Waals surface area contributed by atoms with Crippen LogP contribution < -0.4 is 11.1 Å². The van der Waals surface area contributed by atoms with Crippen molar-refractivity contribution in [2.45, 2.75) is 25.9 Å². The predicted octanol–water partition coefficient (Wildman–Crippen LogP) is 2.23. The molecule has 0 fully saturated rings. The third-order valence-electron chi connectivity index (χ3n) is 3.17. The number of carbonyl (C=O) groups excluding carboxylic acids is 2. The quantitative estimate of drug-likeness (QED) is 0.804. The molecule has 8 heteroatoms. The highest BCUT2D eigenvalue weighted by Crippen LogP contribution is 2.34. The summed E-state index contributed by atoms with van der Waals surface area (Å²) in [6.07, 6.45) is -3.87. The van der Waals surface area contributed by atoms with Crippen molar-refractivity contribution in [2.75, 3.05) is 25.0 Å². The van der Waals surface area contributed by atoms with Crippen molar-refractivity contribution in [3.05, 3.63) is 29.8 Å². The van der Waals surface area contributed by atoms with Gasteiger partial charge < -0.3 is 16.0 Å². The number of nitrogens with two attached hydrogens (primary N) is 1. The molecule has 0 heterocycles. The molecule has 0 spiro atoms. The van der Waals surface area contributed by atoms with Gasteiger partial charge in [-0.3, -0.25) is 9.59 Å². The fourth-order valence-electron chi connectivity index (χ4n) is 1.99. The first-order valence-electron chi connectivity index (χ1n) is 7.23. The maximum absolute atomic E-state index is 12.9. The van der Waals surface area contributed by atoms with Gasteiger partial charge in [-0.2, -0.15) is 13.2 Å². The van der Waals surface area contributed by atoms with Gasteiger partial charge in [0.05, 0.1) is 17.8 Å². The van der Waals surface area contributed by atoms with E-state index < -0.39 is 17.6 Å². The fraction of sp³-hybridized carbons (Fsp3) is 0.467. The molecule has 0 saturated carbocycles. The summed E-state index contributed by atoms with van der Waals surface area (Å²) in [6, 6.07) is 4.70. The lowest BCUT2D eigenvalue weighted by Gasteiger charge is -2.21. The third-order valence-corrected chi connectivity index (χ3v) is 3.17. The van der Waals surface area contributed by atoms with E-state index in [1.807, 2.05) is 0 Å². The Labute approximate surface area is 132 Å². The van der Waals surface area contributed by atoms with Crippen molar-refractivity contribution >= 4 is 17.5 Å². The van der Waals surface area contributed by atoms with E-state index in [4.69, 9.17) is 5.73 Å². The summed E-state index contributed by atoms with van der Waals surface area (Å²) in [7, 11) is 0. The van der Waals surface area contributed by atoms with Crippen LogP contribution >= 0.6 is 0 Å². The molecular weight excluding hydrogens is 311 g/mol. The zero-order valence-electron chi connectivity index (χ0n) is 12.8. The lowest BCUT2D eigenvalue weighted by atomic mass is 10.1. The van der Waals surface area contributed by atoms with Gasteiger partial charge in [0.25, 0.3) is 0 Å². The number of hydrogen-bond acceptors (Lipinski definition) is 3. The summed E-state index contributed by atoms with van der Waals surface area (Å²) in [5.41, 5.74) is 4.07. The Balaban J connectivity index is 2.75. The highest BCUT2D eigenvalue weighted by atomic mass is 19.4. The summed E-state index contributed by atoms with van der Waals surface area (Å²) in [4.78, 5) is 25.1. The van der Waals surface area contributed by atoms with Gasteiger partial charge >= 0.3 is 6.18 Å². The standard InChI is InChI=1S/C15H20F3N3O2/c1-2-21(14(23)8-5-9-19)10-13(22)20-12-7-4-3-6-11(12)15(16,17)18/h3-4,6-7H,2,5,8-10,19H2,1H3,(H,20,22). The number of nitrogens with zero attached hydrogens (tertiary/aromatic N) is 1. The number of anilines is 1. The van der Waals surface area contributed by atoms with Crippen LogP contribution in [0.5, 0.6) is 0 Å². The molecule has 1 aromatic rings. The van der Waals surface area contributed by atoms with E-state index in [9.17, 15) is 22.8 Å². The number of halogens is 3. The second kappa shape index (κ2) is 8.52. The van der Waals surface area contributed by atoms with Crippen molar-refractivity contribution in [2.24, 2.45) is 5.73 Å². The van der Waals surface area contributed by atoms with Gasteiger partial charge in [-0.05, 0) is 32.0 Å². The van der Waals surface area contributed by atoms with Crippen molar-refractivity contribution in [3.8, 4) is 0 Å². The number of rotatable bonds is 7. The van der Waals surface area contributed by atoms with Gasteiger partial charge in [0.2, 0.25) is 11.8 Å². The molecule has 0 radical (unpaired) electrons. The average molecular weight is 331 g/mol. The van der Waals surface area contributed by atoms with E-state index in [1.165, 1.54) is 23.1 Å². The molecular formula is C15H20F3N3O2. The van der Waals surface area contributed by atoms with E-state index in [1.54, 1.807) is 6.92 Å². The monoisotopic (exact) mass is 331 g/mol. The SMILES string of the molecule is CCN(CC(=O)Nc1ccccc1C(F)(F)F)C(=O)CCCN. The Kier molecular flexibility index (Phi) is 7.02. The second-order valence-corrected chi connectivity index (χ2v) is 4.89. The summed E-state index contributed by atoms with van der Waals surface area (Å²) in [5.74, 6) is -0.929. The molecule has 2 amide bonds. The molecule has 5 nitrogen and oxygen atoms in total.